The van der Waals surface area contributed by atoms with Gasteiger partial charge in [-0.1, -0.05) is 0 Å². The maximum Gasteiger partial charge on any atom is 0.208 e. The second-order valence-electron chi connectivity index (χ2n) is 8.22. The van der Waals surface area contributed by atoms with Crippen LogP contribution in [0.4, 0.5) is 0 Å². The third-order valence-electron chi connectivity index (χ3n) is 5.96. The topological polar surface area (TPSA) is 66.1 Å². The van der Waals surface area contributed by atoms with Gasteiger partial charge in [0, 0.05) is 39.2 Å². The van der Waals surface area contributed by atoms with Gasteiger partial charge in [0.1, 0.15) is 5.76 Å². The highest BCUT2D eigenvalue weighted by molar-refractivity contribution is 14.0. The van der Waals surface area contributed by atoms with Crippen LogP contribution in [0, 0.1) is 25.7 Å². The number of likely N-dealkylation sites (tertiary alicyclic amines) is 2. The molecule has 2 saturated heterocycles. The molecule has 0 aliphatic carbocycles. The normalized spacial score (nSPS) is 21.4. The van der Waals surface area contributed by atoms with Crippen LogP contribution in [0.15, 0.2) is 9.41 Å². The number of hydrogen-bond donors (Lipinski definition) is 1. The monoisotopic (exact) mass is 519 g/mol. The van der Waals surface area contributed by atoms with E-state index in [0.29, 0.717) is 11.8 Å². The summed E-state index contributed by atoms with van der Waals surface area (Å²) in [4.78, 5) is 14.3. The molecule has 0 amide bonds. The average Bonchev–Trinajstić information content (AvgIpc) is 3.27. The Morgan fingerprint density at radius 1 is 1.21 bits per heavy atom. The van der Waals surface area contributed by atoms with Crippen LogP contribution < -0.4 is 5.32 Å². The second kappa shape index (κ2) is 12.1. The number of nitrogens with zero attached hydrogens (tertiary/aromatic N) is 4. The Morgan fingerprint density at radius 2 is 1.93 bits per heavy atom. The van der Waals surface area contributed by atoms with Gasteiger partial charge in [0.05, 0.1) is 18.8 Å². The molecule has 2 aliphatic rings. The number of nitrogens with one attached hydrogen (secondary N) is 1. The third kappa shape index (κ3) is 7.10. The maximum absolute atomic E-state index is 5.74. The molecule has 0 saturated carbocycles. The van der Waals surface area contributed by atoms with Crippen molar-refractivity contribution in [3.05, 3.63) is 17.3 Å². The second-order valence-corrected chi connectivity index (χ2v) is 8.22. The molecule has 8 heteroatoms. The van der Waals surface area contributed by atoms with Gasteiger partial charge in [-0.3, -0.25) is 9.89 Å². The van der Waals surface area contributed by atoms with E-state index < -0.39 is 0 Å². The van der Waals surface area contributed by atoms with Crippen LogP contribution in [0.2, 0.25) is 0 Å². The summed E-state index contributed by atoms with van der Waals surface area (Å²) < 4.78 is 11.1. The molecule has 7 nitrogen and oxygen atoms in total. The lowest BCUT2D eigenvalue weighted by atomic mass is 9.97. The first kappa shape index (κ1) is 24.4. The zero-order chi connectivity index (χ0) is 19.9. The summed E-state index contributed by atoms with van der Waals surface area (Å²) in [5.74, 6) is 4.15. The Balaban J connectivity index is 0.00000300. The minimum atomic E-state index is 0. The van der Waals surface area contributed by atoms with Gasteiger partial charge in [0.15, 0.2) is 5.96 Å². The Bertz CT molecular complexity index is 624. The molecule has 1 aromatic heterocycles. The van der Waals surface area contributed by atoms with Gasteiger partial charge in [-0.25, -0.2) is 4.98 Å². The summed E-state index contributed by atoms with van der Waals surface area (Å²) in [6.45, 7) is 13.9. The molecule has 1 N–H and O–H groups in total. The van der Waals surface area contributed by atoms with Gasteiger partial charge < -0.3 is 19.4 Å². The number of guanidine groups is 1. The molecule has 166 valence electrons. The van der Waals surface area contributed by atoms with E-state index in [9.17, 15) is 0 Å². The fourth-order valence-electron chi connectivity index (χ4n) is 4.16. The van der Waals surface area contributed by atoms with E-state index in [1.807, 2.05) is 13.8 Å². The number of methoxy groups -OCH3 is 1. The predicted molar refractivity (Wildman–Crippen MR) is 127 cm³/mol. The number of hydrogen-bond acceptors (Lipinski definition) is 5. The Kier molecular flexibility index (Phi) is 10.2. The van der Waals surface area contributed by atoms with Gasteiger partial charge in [0.2, 0.25) is 5.89 Å². The van der Waals surface area contributed by atoms with E-state index >= 15 is 0 Å². The van der Waals surface area contributed by atoms with Crippen LogP contribution in [0.1, 0.15) is 43.5 Å². The Hall–Kier alpha value is -0.870. The fourth-order valence-corrected chi connectivity index (χ4v) is 4.16. The average molecular weight is 519 g/mol. The Morgan fingerprint density at radius 3 is 2.55 bits per heavy atom. The van der Waals surface area contributed by atoms with Gasteiger partial charge in [-0.2, -0.15) is 0 Å². The molecule has 1 aromatic rings. The first-order valence-corrected chi connectivity index (χ1v) is 10.8. The smallest absolute Gasteiger partial charge is 0.208 e. The van der Waals surface area contributed by atoms with Gasteiger partial charge in [-0.05, 0) is 59.0 Å². The van der Waals surface area contributed by atoms with Crippen molar-refractivity contribution in [2.24, 2.45) is 16.8 Å². The number of aryl methyl sites for hydroxylation is 2. The Labute approximate surface area is 192 Å². The number of rotatable bonds is 7. The first-order valence-electron chi connectivity index (χ1n) is 10.8. The van der Waals surface area contributed by atoms with E-state index in [1.165, 1.54) is 19.3 Å². The van der Waals surface area contributed by atoms with Crippen LogP contribution in [0.25, 0.3) is 0 Å². The minimum absolute atomic E-state index is 0. The molecule has 2 aliphatic heterocycles. The van der Waals surface area contributed by atoms with E-state index in [2.05, 4.69) is 27.0 Å². The first-order chi connectivity index (χ1) is 13.6. The van der Waals surface area contributed by atoms with Crippen molar-refractivity contribution < 1.29 is 9.15 Å². The van der Waals surface area contributed by atoms with Crippen molar-refractivity contribution in [3.8, 4) is 0 Å². The van der Waals surface area contributed by atoms with Crippen molar-refractivity contribution >= 4 is 29.9 Å². The van der Waals surface area contributed by atoms with Crippen molar-refractivity contribution in [1.82, 2.24) is 20.1 Å². The largest absolute Gasteiger partial charge is 0.444 e. The summed E-state index contributed by atoms with van der Waals surface area (Å²) in [6.07, 6.45) is 3.57. The molecular formula is C21H38IN5O2. The minimum Gasteiger partial charge on any atom is -0.444 e. The van der Waals surface area contributed by atoms with Crippen LogP contribution in [-0.4, -0.2) is 73.7 Å². The molecule has 3 rings (SSSR count). The van der Waals surface area contributed by atoms with E-state index in [4.69, 9.17) is 14.1 Å². The zero-order valence-electron chi connectivity index (χ0n) is 18.4. The van der Waals surface area contributed by atoms with Gasteiger partial charge >= 0.3 is 0 Å². The molecular weight excluding hydrogens is 481 g/mol. The van der Waals surface area contributed by atoms with Crippen molar-refractivity contribution in [2.75, 3.05) is 53.0 Å². The number of halogens is 1. The summed E-state index contributed by atoms with van der Waals surface area (Å²) >= 11 is 0. The van der Waals surface area contributed by atoms with Crippen LogP contribution in [0.5, 0.6) is 0 Å². The highest BCUT2D eigenvalue weighted by Crippen LogP contribution is 2.21. The van der Waals surface area contributed by atoms with Crippen molar-refractivity contribution in [1.29, 1.82) is 0 Å². The lowest BCUT2D eigenvalue weighted by Gasteiger charge is -2.30. The highest BCUT2D eigenvalue weighted by atomic mass is 127. The molecule has 0 aromatic carbocycles. The van der Waals surface area contributed by atoms with Gasteiger partial charge in [-0.15, -0.1) is 24.0 Å². The number of aromatic nitrogens is 1. The van der Waals surface area contributed by atoms with Crippen LogP contribution in [-0.2, 0) is 11.3 Å². The number of oxazole rings is 1. The quantitative estimate of drug-likeness (QED) is 0.340. The predicted octanol–water partition coefficient (Wildman–Crippen LogP) is 3.06. The van der Waals surface area contributed by atoms with Crippen LogP contribution in [0.3, 0.4) is 0 Å². The van der Waals surface area contributed by atoms with E-state index in [0.717, 1.165) is 75.7 Å². The summed E-state index contributed by atoms with van der Waals surface area (Å²) in [5, 5.41) is 3.48. The lowest BCUT2D eigenvalue weighted by molar-refractivity contribution is 0.157. The zero-order valence-corrected chi connectivity index (χ0v) is 20.8. The van der Waals surface area contributed by atoms with Crippen molar-refractivity contribution in [2.45, 2.75) is 46.6 Å². The summed E-state index contributed by atoms with van der Waals surface area (Å²) in [5.41, 5.74) is 1.00. The molecule has 29 heavy (non-hydrogen) atoms. The van der Waals surface area contributed by atoms with E-state index in [1.54, 1.807) is 7.11 Å². The number of aliphatic imine (C=N–C) groups is 1. The van der Waals surface area contributed by atoms with Gasteiger partial charge in [0.25, 0.3) is 0 Å². The number of ether oxygens (including phenoxy) is 1. The van der Waals surface area contributed by atoms with Crippen LogP contribution >= 0.6 is 24.0 Å². The molecule has 0 spiro atoms. The molecule has 1 unspecified atom stereocenters. The molecule has 0 bridgehead atoms. The molecule has 3 heterocycles. The SMILES string of the molecule is CCNC(=NCC1CCN(Cc2nc(C)c(C)o2)CC1)N1CCC(COC)C1.I. The van der Waals surface area contributed by atoms with E-state index in [-0.39, 0.29) is 24.0 Å². The standard InChI is InChI=1S/C21H37N5O2.HI/c1-5-22-21(26-11-8-19(13-26)15-27-4)23-12-18-6-9-25(10-7-18)14-20-24-16(2)17(3)28-20;/h18-19H,5-15H2,1-4H3,(H,22,23);1H. The number of piperidine rings is 1. The molecule has 0 radical (unpaired) electrons. The maximum atomic E-state index is 5.74. The molecule has 1 atom stereocenters. The van der Waals surface area contributed by atoms with Crippen molar-refractivity contribution in [3.63, 3.8) is 0 Å². The highest BCUT2D eigenvalue weighted by Gasteiger charge is 2.25. The lowest BCUT2D eigenvalue weighted by Crippen LogP contribution is -2.41. The third-order valence-corrected chi connectivity index (χ3v) is 5.96. The molecule has 2 fully saturated rings. The fraction of sp³-hybridized carbons (Fsp3) is 0.810. The summed E-state index contributed by atoms with van der Waals surface area (Å²) in [6, 6.07) is 0. The summed E-state index contributed by atoms with van der Waals surface area (Å²) in [7, 11) is 1.79.